The van der Waals surface area contributed by atoms with E-state index in [9.17, 15) is 24.6 Å². The summed E-state index contributed by atoms with van der Waals surface area (Å²) >= 11 is 13.0. The van der Waals surface area contributed by atoms with Crippen molar-refractivity contribution in [3.8, 4) is 0 Å². The third-order valence-corrected chi connectivity index (χ3v) is 11.6. The van der Waals surface area contributed by atoms with Gasteiger partial charge in [0.2, 0.25) is 0 Å². The van der Waals surface area contributed by atoms with Crippen molar-refractivity contribution >= 4 is 51.7 Å². The van der Waals surface area contributed by atoms with Crippen LogP contribution in [-0.4, -0.2) is 63.7 Å². The summed E-state index contributed by atoms with van der Waals surface area (Å²) in [5.74, 6) is -1.43. The Morgan fingerprint density at radius 3 is 1.16 bits per heavy atom. The molecule has 2 atom stereocenters. The van der Waals surface area contributed by atoms with Crippen LogP contribution in [0.3, 0.4) is 0 Å². The molecule has 0 bridgehead atoms. The molecule has 7 nitrogen and oxygen atoms in total. The fraction of sp³-hybridized carbons (Fsp3) is 0.113. The Bertz CT molecular complexity index is 2550. The fourth-order valence-electron chi connectivity index (χ4n) is 8.17. The zero-order valence-corrected chi connectivity index (χ0v) is 35.1. The highest BCUT2D eigenvalue weighted by atomic mass is 35.5. The summed E-state index contributed by atoms with van der Waals surface area (Å²) in [5.41, 5.74) is 7.99. The maximum Gasteiger partial charge on any atom is 0.193 e. The number of hydrogen-bond donors (Lipinski definition) is 2. The van der Waals surface area contributed by atoms with Gasteiger partial charge in [-0.05, 0) is 57.7 Å². The number of carbonyl (C=O) groups is 3. The number of halogens is 2. The molecule has 8 rings (SSSR count). The molecule has 0 aromatic heterocycles. The van der Waals surface area contributed by atoms with Gasteiger partial charge in [-0.15, -0.1) is 0 Å². The van der Waals surface area contributed by atoms with Crippen molar-refractivity contribution in [2.75, 3.05) is 26.3 Å². The maximum atomic E-state index is 14.2. The van der Waals surface area contributed by atoms with Crippen molar-refractivity contribution in [2.45, 2.75) is 11.8 Å². The zero-order chi connectivity index (χ0) is 43.2. The topological polar surface area (TPSA) is 98.2 Å². The summed E-state index contributed by atoms with van der Waals surface area (Å²) in [4.78, 5) is 46.1. The molecule has 62 heavy (non-hydrogen) atoms. The van der Waals surface area contributed by atoms with Gasteiger partial charge in [0.15, 0.2) is 17.3 Å². The van der Waals surface area contributed by atoms with Gasteiger partial charge in [0.25, 0.3) is 0 Å². The average molecular weight is 858 g/mol. The quantitative estimate of drug-likeness (QED) is 0.105. The van der Waals surface area contributed by atoms with Gasteiger partial charge in [-0.1, -0.05) is 157 Å². The van der Waals surface area contributed by atoms with Crippen LogP contribution in [0.5, 0.6) is 0 Å². The number of allylic oxidation sites excluding steroid dienone is 4. The van der Waals surface area contributed by atoms with Gasteiger partial charge >= 0.3 is 0 Å². The second-order valence-electron chi connectivity index (χ2n) is 15.1. The van der Waals surface area contributed by atoms with E-state index in [-0.39, 0.29) is 43.7 Å². The van der Waals surface area contributed by atoms with Crippen LogP contribution in [0.2, 0.25) is 10.0 Å². The summed E-state index contributed by atoms with van der Waals surface area (Å²) in [7, 11) is 0. The molecule has 0 saturated carbocycles. The van der Waals surface area contributed by atoms with Crippen molar-refractivity contribution < 1.29 is 24.6 Å². The molecule has 6 aromatic rings. The predicted molar refractivity (Wildman–Crippen MR) is 246 cm³/mol. The van der Waals surface area contributed by atoms with Crippen LogP contribution >= 0.6 is 23.2 Å². The van der Waals surface area contributed by atoms with E-state index in [1.165, 1.54) is 0 Å². The molecular formula is C53H42Cl2N2O5. The van der Waals surface area contributed by atoms with Gasteiger partial charge in [0.1, 0.15) is 0 Å². The number of rotatable bonds is 14. The Labute approximate surface area is 370 Å². The van der Waals surface area contributed by atoms with Gasteiger partial charge in [0, 0.05) is 93.2 Å². The minimum Gasteiger partial charge on any atom is -0.395 e. The molecule has 2 N–H and O–H groups in total. The number of benzene rings is 6. The number of carbonyl (C=O) groups excluding carboxylic acids is 3. The molecular weight excluding hydrogens is 815 g/mol. The first-order valence-corrected chi connectivity index (χ1v) is 21.0. The first kappa shape index (κ1) is 42.1. The molecule has 9 heteroatoms. The Morgan fingerprint density at radius 1 is 0.435 bits per heavy atom. The molecule has 2 unspecified atom stereocenters. The lowest BCUT2D eigenvalue weighted by Crippen LogP contribution is -2.26. The molecule has 308 valence electrons. The van der Waals surface area contributed by atoms with Crippen molar-refractivity contribution in [2.24, 2.45) is 0 Å². The number of Topliss-reactive ketones (excluding diaryl/α,β-unsaturated/α-hetero) is 2. The summed E-state index contributed by atoms with van der Waals surface area (Å²) in [5, 5.41) is 21.0. The van der Waals surface area contributed by atoms with E-state index in [1.807, 2.05) is 119 Å². The SMILES string of the molecule is O=C(C1=CN(CCO)C=C(c2ccc(C(=O)c3ccc(C4=CN(CCO)C=C(C(=O)c5ccccc5)C4c4cccc(Cl)c4)cc3)cc2)C1c1cccc(Cl)c1)c1ccccc1. The van der Waals surface area contributed by atoms with Crippen molar-refractivity contribution in [1.82, 2.24) is 9.80 Å². The first-order chi connectivity index (χ1) is 30.2. The fourth-order valence-corrected chi connectivity index (χ4v) is 8.57. The van der Waals surface area contributed by atoms with E-state index in [1.54, 1.807) is 73.1 Å². The lowest BCUT2D eigenvalue weighted by Gasteiger charge is -2.32. The van der Waals surface area contributed by atoms with Crippen molar-refractivity contribution in [3.05, 3.63) is 248 Å². The van der Waals surface area contributed by atoms with Gasteiger partial charge < -0.3 is 20.0 Å². The van der Waals surface area contributed by atoms with E-state index in [2.05, 4.69) is 0 Å². The molecule has 2 aliphatic heterocycles. The smallest absolute Gasteiger partial charge is 0.193 e. The summed E-state index contributed by atoms with van der Waals surface area (Å²) in [6.07, 6.45) is 7.47. The van der Waals surface area contributed by atoms with Crippen LogP contribution in [0.25, 0.3) is 11.1 Å². The highest BCUT2D eigenvalue weighted by Crippen LogP contribution is 2.45. The third-order valence-electron chi connectivity index (χ3n) is 11.1. The van der Waals surface area contributed by atoms with Gasteiger partial charge in [-0.25, -0.2) is 0 Å². The normalized spacial score (nSPS) is 16.2. The Morgan fingerprint density at radius 2 is 0.806 bits per heavy atom. The second kappa shape index (κ2) is 19.0. The van der Waals surface area contributed by atoms with E-state index >= 15 is 0 Å². The minimum absolute atomic E-state index is 0.121. The number of nitrogens with zero attached hydrogens (tertiary/aromatic N) is 2. The number of aliphatic hydroxyl groups is 2. The van der Waals surface area contributed by atoms with Crippen LogP contribution in [-0.2, 0) is 0 Å². The van der Waals surface area contributed by atoms with E-state index < -0.39 is 11.8 Å². The Kier molecular flexibility index (Phi) is 12.9. The lowest BCUT2D eigenvalue weighted by molar-refractivity contribution is 0.101. The summed E-state index contributed by atoms with van der Waals surface area (Å²) < 4.78 is 0. The largest absolute Gasteiger partial charge is 0.395 e. The minimum atomic E-state index is -0.484. The molecule has 2 aliphatic rings. The monoisotopic (exact) mass is 856 g/mol. The maximum absolute atomic E-state index is 14.2. The lowest BCUT2D eigenvalue weighted by atomic mass is 9.77. The molecule has 0 radical (unpaired) electrons. The highest BCUT2D eigenvalue weighted by Gasteiger charge is 2.34. The van der Waals surface area contributed by atoms with Crippen LogP contribution in [0.1, 0.15) is 70.7 Å². The van der Waals surface area contributed by atoms with Gasteiger partial charge in [-0.2, -0.15) is 0 Å². The standard InChI is InChI=1S/C53H42Cl2N2O5/c54-43-15-7-13-41(29-43)49-45(31-56(25-27-58)33-47(49)52(61)37-9-3-1-4-10-37)35-17-21-39(22-18-35)51(60)40-23-19-36(20-24-40)46-32-57(26-28-59)34-48(53(62)38-11-5-2-6-12-38)50(46)42-14-8-16-44(55)30-42/h1-24,29-34,49-50,58-59H,25-28H2. The third kappa shape index (κ3) is 9.03. The zero-order valence-electron chi connectivity index (χ0n) is 33.6. The van der Waals surface area contributed by atoms with Crippen LogP contribution in [0.15, 0.2) is 194 Å². The second-order valence-corrected chi connectivity index (χ2v) is 16.0. The van der Waals surface area contributed by atoms with Crippen LogP contribution in [0, 0.1) is 0 Å². The Balaban J connectivity index is 1.11. The van der Waals surface area contributed by atoms with E-state index in [0.717, 1.165) is 33.4 Å². The van der Waals surface area contributed by atoms with E-state index in [4.69, 9.17) is 23.2 Å². The molecule has 0 amide bonds. The number of hydrogen-bond acceptors (Lipinski definition) is 7. The number of aliphatic hydroxyl groups excluding tert-OH is 2. The van der Waals surface area contributed by atoms with Crippen molar-refractivity contribution in [1.29, 1.82) is 0 Å². The predicted octanol–water partition coefficient (Wildman–Crippen LogP) is 10.6. The van der Waals surface area contributed by atoms with Gasteiger partial charge in [0.05, 0.1) is 13.2 Å². The highest BCUT2D eigenvalue weighted by molar-refractivity contribution is 6.31. The number of ketones is 3. The molecule has 6 aromatic carbocycles. The van der Waals surface area contributed by atoms with Gasteiger partial charge in [-0.3, -0.25) is 14.4 Å². The Hall–Kier alpha value is -6.61. The molecule has 0 fully saturated rings. The summed E-state index contributed by atoms with van der Waals surface area (Å²) in [6, 6.07) is 47.8. The molecule has 0 saturated heterocycles. The molecule has 0 aliphatic carbocycles. The average Bonchev–Trinajstić information content (AvgIpc) is 3.31. The molecule has 2 heterocycles. The van der Waals surface area contributed by atoms with Crippen LogP contribution in [0.4, 0.5) is 0 Å². The van der Waals surface area contributed by atoms with Crippen molar-refractivity contribution in [3.63, 3.8) is 0 Å². The summed E-state index contributed by atoms with van der Waals surface area (Å²) in [6.45, 7) is 0.316. The first-order valence-electron chi connectivity index (χ1n) is 20.3. The van der Waals surface area contributed by atoms with E-state index in [0.29, 0.717) is 43.4 Å². The number of β-amino-alcohol motifs (C(OH)–C–C–N with tert-alkyl or cyclic N) is 2. The van der Waals surface area contributed by atoms with Crippen LogP contribution < -0.4 is 0 Å². The molecule has 0 spiro atoms.